The second-order valence-corrected chi connectivity index (χ2v) is 8.38. The van der Waals surface area contributed by atoms with E-state index < -0.39 is 11.9 Å². The highest BCUT2D eigenvalue weighted by atomic mass is 16.4. The number of benzene rings is 1. The maximum absolute atomic E-state index is 9.55. The van der Waals surface area contributed by atoms with Crippen molar-refractivity contribution in [2.45, 2.75) is 50.7 Å². The number of carboxylic acids is 2. The fourth-order valence-electron chi connectivity index (χ4n) is 4.39. The van der Waals surface area contributed by atoms with Gasteiger partial charge in [-0.05, 0) is 69.5 Å². The van der Waals surface area contributed by atoms with Crippen LogP contribution in [0, 0.1) is 6.92 Å². The molecule has 0 unspecified atom stereocenters. The molecule has 3 heterocycles. The predicted octanol–water partition coefficient (Wildman–Crippen LogP) is 3.39. The van der Waals surface area contributed by atoms with E-state index in [2.05, 4.69) is 40.4 Å². The van der Waals surface area contributed by atoms with Gasteiger partial charge in [-0.3, -0.25) is 4.98 Å². The highest BCUT2D eigenvalue weighted by molar-refractivity contribution is 5.89. The van der Waals surface area contributed by atoms with Crippen molar-refractivity contribution in [3.05, 3.63) is 54.2 Å². The quantitative estimate of drug-likeness (QED) is 0.413. The molecule has 0 radical (unpaired) electrons. The van der Waals surface area contributed by atoms with Crippen molar-refractivity contribution in [1.29, 1.82) is 0 Å². The van der Waals surface area contributed by atoms with E-state index in [9.17, 15) is 9.59 Å². The summed E-state index contributed by atoms with van der Waals surface area (Å²) in [5, 5.41) is 19.3. The van der Waals surface area contributed by atoms with Crippen molar-refractivity contribution >= 4 is 23.3 Å². The van der Waals surface area contributed by atoms with Gasteiger partial charge < -0.3 is 26.2 Å². The highest BCUT2D eigenvalue weighted by Crippen LogP contribution is 2.35. The summed E-state index contributed by atoms with van der Waals surface area (Å²) in [5.74, 6) is -2.51. The minimum absolute atomic E-state index is 0.558. The zero-order chi connectivity index (χ0) is 23.3. The molecule has 0 saturated carbocycles. The van der Waals surface area contributed by atoms with Crippen molar-refractivity contribution < 1.29 is 19.8 Å². The number of rotatable bonds is 5. The predicted molar refractivity (Wildman–Crippen MR) is 124 cm³/mol. The minimum atomic E-state index is -1.26. The third-order valence-corrected chi connectivity index (χ3v) is 6.17. The molecule has 2 fully saturated rings. The molecule has 2 bridgehead atoms. The number of carboxylic acid groups (broad SMARTS) is 2. The van der Waals surface area contributed by atoms with Crippen LogP contribution < -0.4 is 11.1 Å². The molecule has 5 N–H and O–H groups in total. The number of nitrogens with two attached hydrogens (primary N) is 1. The Balaban J connectivity index is 0.000000312. The first kappa shape index (κ1) is 23.3. The number of hydrogen-bond donors (Lipinski definition) is 4. The fraction of sp³-hybridized carbons (Fsp3) is 0.375. The number of fused-ring (bicyclic) bond motifs is 2. The monoisotopic (exact) mass is 438 g/mol. The topological polar surface area (TPSA) is 129 Å². The summed E-state index contributed by atoms with van der Waals surface area (Å²) < 4.78 is 0. The number of nitrogen functional groups attached to an aromatic ring is 1. The standard InChI is InChI=1S/C20H26N4.C4H4O4/c1-13-9-14(3-7-19(13)21)20-8-4-15(12-22-20)23-16-10-17-5-6-18(11-16)24(17)2;5-3(6)1-2-4(7)8/h3-4,7-9,12,16-18,23H,5-6,10-11,21H2,1-2H3;1-2H,(H,5,6)(H,7,8)/b;2-1+/t16-,17+,18-;. The van der Waals surface area contributed by atoms with Gasteiger partial charge in [0.15, 0.2) is 0 Å². The lowest BCUT2D eigenvalue weighted by Gasteiger charge is -2.37. The summed E-state index contributed by atoms with van der Waals surface area (Å²) in [5.41, 5.74) is 11.1. The van der Waals surface area contributed by atoms with Gasteiger partial charge in [0.1, 0.15) is 0 Å². The molecular weight excluding hydrogens is 408 g/mol. The van der Waals surface area contributed by atoms with Crippen LogP contribution in [0.4, 0.5) is 11.4 Å². The lowest BCUT2D eigenvalue weighted by atomic mass is 9.98. The lowest BCUT2D eigenvalue weighted by molar-refractivity contribution is -0.134. The van der Waals surface area contributed by atoms with Crippen LogP contribution >= 0.6 is 0 Å². The minimum Gasteiger partial charge on any atom is -0.478 e. The molecule has 0 aliphatic carbocycles. The first-order chi connectivity index (χ1) is 15.2. The van der Waals surface area contributed by atoms with Gasteiger partial charge in [-0.25, -0.2) is 9.59 Å². The average molecular weight is 439 g/mol. The second-order valence-electron chi connectivity index (χ2n) is 8.38. The summed E-state index contributed by atoms with van der Waals surface area (Å²) in [6.45, 7) is 2.03. The Morgan fingerprint density at radius 2 is 1.72 bits per heavy atom. The molecule has 4 rings (SSSR count). The number of nitrogens with zero attached hydrogens (tertiary/aromatic N) is 2. The van der Waals surface area contributed by atoms with Crippen LogP contribution in [0.3, 0.4) is 0 Å². The molecule has 8 heteroatoms. The van der Waals surface area contributed by atoms with Crippen LogP contribution in [-0.2, 0) is 9.59 Å². The van der Waals surface area contributed by atoms with E-state index in [0.717, 1.165) is 40.3 Å². The molecule has 0 amide bonds. The zero-order valence-corrected chi connectivity index (χ0v) is 18.4. The van der Waals surface area contributed by atoms with Gasteiger partial charge in [0.2, 0.25) is 0 Å². The van der Waals surface area contributed by atoms with Crippen LogP contribution in [-0.4, -0.2) is 57.2 Å². The zero-order valence-electron chi connectivity index (χ0n) is 18.4. The van der Waals surface area contributed by atoms with Crippen molar-refractivity contribution in [3.8, 4) is 11.3 Å². The van der Waals surface area contributed by atoms with Crippen LogP contribution in [0.1, 0.15) is 31.2 Å². The van der Waals surface area contributed by atoms with Crippen LogP contribution in [0.2, 0.25) is 0 Å². The summed E-state index contributed by atoms with van der Waals surface area (Å²) in [6, 6.07) is 12.4. The van der Waals surface area contributed by atoms with Gasteiger partial charge in [-0.15, -0.1) is 0 Å². The Morgan fingerprint density at radius 3 is 2.22 bits per heavy atom. The molecule has 2 aromatic rings. The number of carbonyl (C=O) groups is 2. The van der Waals surface area contributed by atoms with E-state index in [-0.39, 0.29) is 0 Å². The summed E-state index contributed by atoms with van der Waals surface area (Å²) in [6.07, 6.45) is 8.27. The van der Waals surface area contributed by atoms with E-state index in [0.29, 0.717) is 18.2 Å². The van der Waals surface area contributed by atoms with E-state index in [4.69, 9.17) is 15.9 Å². The summed E-state index contributed by atoms with van der Waals surface area (Å²) >= 11 is 0. The molecule has 1 aromatic carbocycles. The Labute approximate surface area is 187 Å². The number of anilines is 2. The average Bonchev–Trinajstić information content (AvgIpc) is 2.96. The number of aromatic nitrogens is 1. The smallest absolute Gasteiger partial charge is 0.328 e. The fourth-order valence-corrected chi connectivity index (χ4v) is 4.39. The Hall–Kier alpha value is -3.39. The SMILES string of the molecule is Cc1cc(-c2ccc(N[C@H]3C[C@H]4CC[C@@H](C3)N4C)cn2)ccc1N.O=C(O)/C=C/C(=O)O. The number of piperidine rings is 1. The Kier molecular flexibility index (Phi) is 7.48. The molecule has 2 saturated heterocycles. The van der Waals surface area contributed by atoms with E-state index >= 15 is 0 Å². The molecule has 1 aromatic heterocycles. The number of pyridine rings is 1. The number of nitrogens with one attached hydrogen (secondary N) is 1. The molecule has 170 valence electrons. The van der Waals surface area contributed by atoms with Crippen molar-refractivity contribution in [2.75, 3.05) is 18.1 Å². The largest absolute Gasteiger partial charge is 0.478 e. The van der Waals surface area contributed by atoms with E-state index in [1.54, 1.807) is 0 Å². The number of aliphatic carboxylic acids is 2. The van der Waals surface area contributed by atoms with E-state index in [1.165, 1.54) is 25.7 Å². The number of aryl methyl sites for hydroxylation is 1. The van der Waals surface area contributed by atoms with Crippen molar-refractivity contribution in [2.24, 2.45) is 0 Å². The van der Waals surface area contributed by atoms with Crippen molar-refractivity contribution in [1.82, 2.24) is 9.88 Å². The first-order valence-corrected chi connectivity index (χ1v) is 10.7. The maximum atomic E-state index is 9.55. The van der Waals surface area contributed by atoms with Gasteiger partial charge in [-0.2, -0.15) is 0 Å². The van der Waals surface area contributed by atoms with Crippen LogP contribution in [0.25, 0.3) is 11.3 Å². The lowest BCUT2D eigenvalue weighted by Crippen LogP contribution is -2.44. The van der Waals surface area contributed by atoms with Gasteiger partial charge in [-0.1, -0.05) is 6.07 Å². The second kappa shape index (κ2) is 10.3. The molecule has 8 nitrogen and oxygen atoms in total. The third-order valence-electron chi connectivity index (χ3n) is 6.17. The van der Waals surface area contributed by atoms with E-state index in [1.807, 2.05) is 25.3 Å². The van der Waals surface area contributed by atoms with Crippen LogP contribution in [0.15, 0.2) is 48.7 Å². The molecule has 3 atom stereocenters. The summed E-state index contributed by atoms with van der Waals surface area (Å²) in [4.78, 5) is 26.3. The first-order valence-electron chi connectivity index (χ1n) is 10.7. The molecule has 32 heavy (non-hydrogen) atoms. The van der Waals surface area contributed by atoms with Crippen LogP contribution in [0.5, 0.6) is 0 Å². The van der Waals surface area contributed by atoms with Gasteiger partial charge in [0.25, 0.3) is 0 Å². The molecule has 0 spiro atoms. The maximum Gasteiger partial charge on any atom is 0.328 e. The van der Waals surface area contributed by atoms with Crippen molar-refractivity contribution in [3.63, 3.8) is 0 Å². The Bertz CT molecular complexity index is 960. The third kappa shape index (κ3) is 6.07. The molecule has 2 aliphatic heterocycles. The molecule has 2 aliphatic rings. The van der Waals surface area contributed by atoms with Gasteiger partial charge >= 0.3 is 11.9 Å². The number of hydrogen-bond acceptors (Lipinski definition) is 6. The molecular formula is C24H30N4O4. The summed E-state index contributed by atoms with van der Waals surface area (Å²) in [7, 11) is 2.28. The normalized spacial score (nSPS) is 22.2. The Morgan fingerprint density at radius 1 is 1.09 bits per heavy atom. The van der Waals surface area contributed by atoms with Gasteiger partial charge in [0.05, 0.1) is 17.6 Å². The van der Waals surface area contributed by atoms with Gasteiger partial charge in [0, 0.05) is 41.5 Å². The highest BCUT2D eigenvalue weighted by Gasteiger charge is 2.38.